The maximum atomic E-state index is 13.2. The van der Waals surface area contributed by atoms with E-state index in [2.05, 4.69) is 38.4 Å². The number of nitrogens with one attached hydrogen (secondary N) is 1. The van der Waals surface area contributed by atoms with Gasteiger partial charge in [0.05, 0.1) is 5.41 Å². The predicted octanol–water partition coefficient (Wildman–Crippen LogP) is 4.76. The summed E-state index contributed by atoms with van der Waals surface area (Å²) < 4.78 is 13.2. The molecule has 1 aliphatic carbocycles. The minimum Gasteiger partial charge on any atom is -0.326 e. The minimum absolute atomic E-state index is 0.0104. The molecule has 2 aliphatic rings. The predicted molar refractivity (Wildman–Crippen MR) is 114 cm³/mol. The largest absolute Gasteiger partial charge is 0.326 e. The molecule has 0 unspecified atom stereocenters. The number of nitrogens with zero attached hydrogens (tertiary/aromatic N) is 3. The third-order valence-electron chi connectivity index (χ3n) is 6.34. The van der Waals surface area contributed by atoms with Gasteiger partial charge in [0.1, 0.15) is 18.0 Å². The first kappa shape index (κ1) is 18.7. The van der Waals surface area contributed by atoms with E-state index in [0.717, 1.165) is 55.7 Å². The average molecular weight is 402 g/mol. The Bertz CT molecular complexity index is 1060. The Morgan fingerprint density at radius 1 is 1.07 bits per heavy atom. The summed E-state index contributed by atoms with van der Waals surface area (Å²) in [6.07, 6.45) is 8.04. The van der Waals surface area contributed by atoms with Gasteiger partial charge < -0.3 is 10.2 Å². The highest BCUT2D eigenvalue weighted by molar-refractivity contribution is 6.00. The van der Waals surface area contributed by atoms with Gasteiger partial charge in [-0.15, -0.1) is 0 Å². The van der Waals surface area contributed by atoms with Crippen LogP contribution in [0.5, 0.6) is 0 Å². The lowest BCUT2D eigenvalue weighted by Crippen LogP contribution is -2.46. The van der Waals surface area contributed by atoms with E-state index in [1.165, 1.54) is 17.7 Å². The van der Waals surface area contributed by atoms with Crippen LogP contribution in [0.15, 0.2) is 61.1 Å². The minimum atomic E-state index is -0.513. The van der Waals surface area contributed by atoms with Gasteiger partial charge in [0.15, 0.2) is 0 Å². The SMILES string of the molecule is O=C(Nc1ccc(F)cc1)C1(c2ccc3c(c2)CCCN3c2ccncn2)CCC1. The summed E-state index contributed by atoms with van der Waals surface area (Å²) in [6, 6.07) is 14.3. The molecule has 5 nitrogen and oxygen atoms in total. The number of aryl methyl sites for hydroxylation is 1. The summed E-state index contributed by atoms with van der Waals surface area (Å²) >= 11 is 0. The summed E-state index contributed by atoms with van der Waals surface area (Å²) in [4.78, 5) is 23.9. The van der Waals surface area contributed by atoms with Crippen molar-refractivity contribution >= 4 is 23.1 Å². The van der Waals surface area contributed by atoms with E-state index in [0.29, 0.717) is 5.69 Å². The normalized spacial score (nSPS) is 17.0. The second-order valence-electron chi connectivity index (χ2n) is 8.06. The first-order chi connectivity index (χ1) is 14.7. The topological polar surface area (TPSA) is 58.1 Å². The number of amides is 1. The molecule has 1 saturated carbocycles. The van der Waals surface area contributed by atoms with E-state index in [1.807, 2.05) is 6.07 Å². The number of aromatic nitrogens is 2. The van der Waals surface area contributed by atoms with Crippen LogP contribution in [0.1, 0.15) is 36.8 Å². The van der Waals surface area contributed by atoms with Gasteiger partial charge in [-0.25, -0.2) is 14.4 Å². The van der Waals surface area contributed by atoms with E-state index >= 15 is 0 Å². The van der Waals surface area contributed by atoms with Crippen LogP contribution in [0.2, 0.25) is 0 Å². The van der Waals surface area contributed by atoms with E-state index in [9.17, 15) is 9.18 Å². The van der Waals surface area contributed by atoms with Gasteiger partial charge in [-0.05, 0) is 73.2 Å². The average Bonchev–Trinajstić information content (AvgIpc) is 2.75. The molecule has 2 heterocycles. The fourth-order valence-electron chi connectivity index (χ4n) is 4.54. The molecule has 0 spiro atoms. The number of hydrogen-bond donors (Lipinski definition) is 1. The van der Waals surface area contributed by atoms with Gasteiger partial charge in [-0.1, -0.05) is 18.6 Å². The molecule has 1 fully saturated rings. The molecule has 1 aliphatic heterocycles. The number of hydrogen-bond acceptors (Lipinski definition) is 4. The highest BCUT2D eigenvalue weighted by Crippen LogP contribution is 2.46. The van der Waals surface area contributed by atoms with Gasteiger partial charge in [0.2, 0.25) is 5.91 Å². The zero-order chi connectivity index (χ0) is 20.6. The highest BCUT2D eigenvalue weighted by Gasteiger charge is 2.46. The molecule has 1 N–H and O–H groups in total. The zero-order valence-electron chi connectivity index (χ0n) is 16.6. The number of halogens is 1. The number of benzene rings is 2. The third kappa shape index (κ3) is 3.22. The number of fused-ring (bicyclic) bond motifs is 1. The van der Waals surface area contributed by atoms with Crippen molar-refractivity contribution in [2.75, 3.05) is 16.8 Å². The standard InChI is InChI=1S/C24H23FN4O/c25-19-5-7-20(8-6-19)28-23(30)24(11-2-12-24)18-4-9-21-17(15-18)3-1-14-29(21)22-10-13-26-16-27-22/h4-10,13,15-16H,1-3,11-12,14H2,(H,28,30). The van der Waals surface area contributed by atoms with Crippen LogP contribution in [0.25, 0.3) is 0 Å². The number of anilines is 3. The van der Waals surface area contributed by atoms with Crippen LogP contribution in [-0.4, -0.2) is 22.4 Å². The number of rotatable bonds is 4. The van der Waals surface area contributed by atoms with Crippen molar-refractivity contribution in [3.8, 4) is 0 Å². The fraction of sp³-hybridized carbons (Fsp3) is 0.292. The van der Waals surface area contributed by atoms with Crippen molar-refractivity contribution in [2.45, 2.75) is 37.5 Å². The zero-order valence-corrected chi connectivity index (χ0v) is 16.6. The Balaban J connectivity index is 1.44. The molecule has 152 valence electrons. The van der Waals surface area contributed by atoms with Crippen molar-refractivity contribution in [1.82, 2.24) is 9.97 Å². The second-order valence-corrected chi connectivity index (χ2v) is 8.06. The Hall–Kier alpha value is -3.28. The Morgan fingerprint density at radius 3 is 2.60 bits per heavy atom. The van der Waals surface area contributed by atoms with E-state index < -0.39 is 5.41 Å². The first-order valence-corrected chi connectivity index (χ1v) is 10.4. The van der Waals surface area contributed by atoms with Crippen LogP contribution in [0, 0.1) is 5.82 Å². The summed E-state index contributed by atoms with van der Waals surface area (Å²) in [6.45, 7) is 0.916. The van der Waals surface area contributed by atoms with Crippen molar-refractivity contribution in [3.63, 3.8) is 0 Å². The molecule has 0 atom stereocenters. The van der Waals surface area contributed by atoms with Crippen molar-refractivity contribution < 1.29 is 9.18 Å². The van der Waals surface area contributed by atoms with Crippen LogP contribution in [-0.2, 0) is 16.6 Å². The molecule has 2 aromatic carbocycles. The Morgan fingerprint density at radius 2 is 1.90 bits per heavy atom. The molecule has 6 heteroatoms. The molecule has 1 amide bonds. The van der Waals surface area contributed by atoms with Gasteiger partial charge >= 0.3 is 0 Å². The number of carbonyl (C=O) groups is 1. The fourth-order valence-corrected chi connectivity index (χ4v) is 4.54. The van der Waals surface area contributed by atoms with Crippen molar-refractivity contribution in [3.05, 3.63) is 78.0 Å². The van der Waals surface area contributed by atoms with Crippen molar-refractivity contribution in [1.29, 1.82) is 0 Å². The summed E-state index contributed by atoms with van der Waals surface area (Å²) in [7, 11) is 0. The van der Waals surface area contributed by atoms with Crippen LogP contribution >= 0.6 is 0 Å². The van der Waals surface area contributed by atoms with Gasteiger partial charge in [0.25, 0.3) is 0 Å². The Kier molecular flexibility index (Phi) is 4.69. The van der Waals surface area contributed by atoms with Gasteiger partial charge in [-0.2, -0.15) is 0 Å². The molecular formula is C24H23FN4O. The lowest BCUT2D eigenvalue weighted by atomic mass is 9.63. The monoisotopic (exact) mass is 402 g/mol. The molecule has 0 saturated heterocycles. The molecule has 1 aromatic heterocycles. The van der Waals surface area contributed by atoms with Crippen LogP contribution in [0.3, 0.4) is 0 Å². The highest BCUT2D eigenvalue weighted by atomic mass is 19.1. The Labute approximate surface area is 175 Å². The van der Waals surface area contributed by atoms with Crippen LogP contribution < -0.4 is 10.2 Å². The second kappa shape index (κ2) is 7.52. The lowest BCUT2D eigenvalue weighted by molar-refractivity contribution is -0.124. The van der Waals surface area contributed by atoms with Crippen LogP contribution in [0.4, 0.5) is 21.6 Å². The van der Waals surface area contributed by atoms with E-state index in [1.54, 1.807) is 24.7 Å². The summed E-state index contributed by atoms with van der Waals surface area (Å²) in [5.41, 5.74) is 3.58. The van der Waals surface area contributed by atoms with Gasteiger partial charge in [-0.3, -0.25) is 4.79 Å². The first-order valence-electron chi connectivity index (χ1n) is 10.4. The third-order valence-corrected chi connectivity index (χ3v) is 6.34. The summed E-state index contributed by atoms with van der Waals surface area (Å²) in [5, 5.41) is 2.99. The maximum absolute atomic E-state index is 13.2. The molecule has 30 heavy (non-hydrogen) atoms. The molecular weight excluding hydrogens is 379 g/mol. The van der Waals surface area contributed by atoms with Crippen molar-refractivity contribution in [2.24, 2.45) is 0 Å². The molecule has 0 bridgehead atoms. The quantitative estimate of drug-likeness (QED) is 0.684. The van der Waals surface area contributed by atoms with E-state index in [-0.39, 0.29) is 11.7 Å². The molecule has 5 rings (SSSR count). The molecule has 3 aromatic rings. The lowest BCUT2D eigenvalue weighted by Gasteiger charge is -2.41. The smallest absolute Gasteiger partial charge is 0.235 e. The van der Waals surface area contributed by atoms with E-state index in [4.69, 9.17) is 0 Å². The van der Waals surface area contributed by atoms with Gasteiger partial charge in [0, 0.05) is 24.1 Å². The summed E-state index contributed by atoms with van der Waals surface area (Å²) in [5.74, 6) is 0.573. The maximum Gasteiger partial charge on any atom is 0.235 e. The number of carbonyl (C=O) groups excluding carboxylic acids is 1. The molecule has 0 radical (unpaired) electrons.